The molecular formula is C18H19ClN2S. The first kappa shape index (κ1) is 15.5. The van der Waals surface area contributed by atoms with E-state index in [4.69, 9.17) is 11.6 Å². The second-order valence-corrected chi connectivity index (χ2v) is 6.75. The number of nitrogens with one attached hydrogen (secondary N) is 2. The van der Waals surface area contributed by atoms with E-state index in [-0.39, 0.29) is 0 Å². The van der Waals surface area contributed by atoms with Gasteiger partial charge in [-0.2, -0.15) is 0 Å². The summed E-state index contributed by atoms with van der Waals surface area (Å²) in [5, 5.41) is 5.27. The number of fused-ring (bicyclic) bond motifs is 1. The van der Waals surface area contributed by atoms with Crippen molar-refractivity contribution in [2.75, 3.05) is 7.05 Å². The van der Waals surface area contributed by atoms with E-state index in [1.54, 1.807) is 11.8 Å². The van der Waals surface area contributed by atoms with Gasteiger partial charge in [-0.3, -0.25) is 0 Å². The Kier molecular flexibility index (Phi) is 4.77. The van der Waals surface area contributed by atoms with Crippen LogP contribution in [0.2, 0.25) is 5.02 Å². The highest BCUT2D eigenvalue weighted by Crippen LogP contribution is 2.37. The van der Waals surface area contributed by atoms with Crippen molar-refractivity contribution in [2.24, 2.45) is 0 Å². The van der Waals surface area contributed by atoms with Crippen LogP contribution >= 0.6 is 23.4 Å². The monoisotopic (exact) mass is 330 g/mol. The van der Waals surface area contributed by atoms with E-state index in [1.807, 2.05) is 19.2 Å². The first-order valence-electron chi connectivity index (χ1n) is 7.42. The van der Waals surface area contributed by atoms with Crippen molar-refractivity contribution < 1.29 is 0 Å². The number of halogens is 1. The summed E-state index contributed by atoms with van der Waals surface area (Å²) >= 11 is 7.95. The molecule has 0 aliphatic carbocycles. The minimum atomic E-state index is 0.774. The number of rotatable bonds is 5. The van der Waals surface area contributed by atoms with Crippen molar-refractivity contribution >= 4 is 34.3 Å². The zero-order valence-corrected chi connectivity index (χ0v) is 14.3. The highest BCUT2D eigenvalue weighted by atomic mass is 35.5. The number of benzene rings is 2. The van der Waals surface area contributed by atoms with Crippen LogP contribution in [0.4, 0.5) is 0 Å². The van der Waals surface area contributed by atoms with E-state index >= 15 is 0 Å². The van der Waals surface area contributed by atoms with Crippen LogP contribution in [0.5, 0.6) is 0 Å². The molecule has 22 heavy (non-hydrogen) atoms. The molecule has 3 aromatic rings. The van der Waals surface area contributed by atoms with Gasteiger partial charge >= 0.3 is 0 Å². The largest absolute Gasteiger partial charge is 0.360 e. The molecule has 2 nitrogen and oxygen atoms in total. The summed E-state index contributed by atoms with van der Waals surface area (Å²) in [6.07, 6.45) is 3.13. The molecule has 0 unspecified atom stereocenters. The summed E-state index contributed by atoms with van der Waals surface area (Å²) in [5.74, 6) is 0. The Morgan fingerprint density at radius 2 is 2.00 bits per heavy atom. The molecule has 114 valence electrons. The van der Waals surface area contributed by atoms with E-state index < -0.39 is 0 Å². The number of hydrogen-bond acceptors (Lipinski definition) is 2. The van der Waals surface area contributed by atoms with Gasteiger partial charge in [0.05, 0.1) is 0 Å². The minimum absolute atomic E-state index is 0.774. The van der Waals surface area contributed by atoms with Crippen LogP contribution in [0.3, 0.4) is 0 Å². The van der Waals surface area contributed by atoms with Crippen LogP contribution in [0, 0.1) is 0 Å². The van der Waals surface area contributed by atoms with Crippen molar-refractivity contribution in [3.63, 3.8) is 0 Å². The predicted molar refractivity (Wildman–Crippen MR) is 96.0 cm³/mol. The Hall–Kier alpha value is -1.42. The first-order chi connectivity index (χ1) is 10.7. The number of aromatic nitrogens is 1. The Bertz CT molecular complexity index is 795. The zero-order valence-electron chi connectivity index (χ0n) is 12.7. The molecule has 0 spiro atoms. The molecule has 0 bridgehead atoms. The maximum atomic E-state index is 6.18. The summed E-state index contributed by atoms with van der Waals surface area (Å²) in [6.45, 7) is 3.02. The molecule has 2 aromatic carbocycles. The van der Waals surface area contributed by atoms with E-state index in [2.05, 4.69) is 47.7 Å². The second-order valence-electron chi connectivity index (χ2n) is 5.23. The maximum Gasteiger partial charge on any atom is 0.0498 e. The third-order valence-electron chi connectivity index (χ3n) is 3.76. The Labute approximate surface area is 140 Å². The summed E-state index contributed by atoms with van der Waals surface area (Å²) in [6, 6.07) is 12.6. The summed E-state index contributed by atoms with van der Waals surface area (Å²) in [4.78, 5) is 5.86. The van der Waals surface area contributed by atoms with Crippen LogP contribution in [-0.4, -0.2) is 12.0 Å². The highest BCUT2D eigenvalue weighted by Gasteiger charge is 2.11. The molecule has 0 saturated heterocycles. The Balaban J connectivity index is 2.02. The highest BCUT2D eigenvalue weighted by molar-refractivity contribution is 7.99. The van der Waals surface area contributed by atoms with Gasteiger partial charge in [0, 0.05) is 38.5 Å². The third-order valence-corrected chi connectivity index (χ3v) is 5.15. The van der Waals surface area contributed by atoms with Gasteiger partial charge in [-0.05, 0) is 36.7 Å². The van der Waals surface area contributed by atoms with Gasteiger partial charge in [0.15, 0.2) is 0 Å². The number of para-hydroxylation sites is 1. The van der Waals surface area contributed by atoms with E-state index in [9.17, 15) is 0 Å². The molecule has 0 fully saturated rings. The summed E-state index contributed by atoms with van der Waals surface area (Å²) in [5.41, 5.74) is 3.86. The predicted octanol–water partition coefficient (Wildman–Crippen LogP) is 5.25. The van der Waals surface area contributed by atoms with Gasteiger partial charge in [0.25, 0.3) is 0 Å². The number of aromatic amines is 1. The lowest BCUT2D eigenvalue weighted by Gasteiger charge is -2.09. The summed E-state index contributed by atoms with van der Waals surface area (Å²) < 4.78 is 0. The average Bonchev–Trinajstić information content (AvgIpc) is 2.93. The molecule has 2 N–H and O–H groups in total. The number of aryl methyl sites for hydroxylation is 1. The first-order valence-corrected chi connectivity index (χ1v) is 8.62. The second kappa shape index (κ2) is 6.78. The van der Waals surface area contributed by atoms with Crippen molar-refractivity contribution in [3.8, 4) is 0 Å². The molecule has 0 saturated carbocycles. The quantitative estimate of drug-likeness (QED) is 0.668. The Morgan fingerprint density at radius 1 is 1.14 bits per heavy atom. The van der Waals surface area contributed by atoms with Crippen molar-refractivity contribution in [1.82, 2.24) is 10.3 Å². The van der Waals surface area contributed by atoms with Crippen LogP contribution < -0.4 is 5.32 Å². The molecule has 4 heteroatoms. The smallest absolute Gasteiger partial charge is 0.0498 e. The number of hydrogen-bond donors (Lipinski definition) is 2. The molecule has 0 radical (unpaired) electrons. The van der Waals surface area contributed by atoms with Crippen molar-refractivity contribution in [2.45, 2.75) is 29.7 Å². The Morgan fingerprint density at radius 3 is 2.77 bits per heavy atom. The molecule has 0 aliphatic heterocycles. The SMILES string of the molecule is CCc1cccc2c(Sc3cc(Cl)ccc3CNC)c[nH]c12. The van der Waals surface area contributed by atoms with Crippen LogP contribution in [0.25, 0.3) is 10.9 Å². The molecule has 0 aliphatic rings. The molecule has 1 aromatic heterocycles. The lowest BCUT2D eigenvalue weighted by Crippen LogP contribution is -2.05. The normalized spacial score (nSPS) is 11.2. The van der Waals surface area contributed by atoms with E-state index in [0.29, 0.717) is 0 Å². The van der Waals surface area contributed by atoms with Crippen molar-refractivity contribution in [1.29, 1.82) is 0 Å². The fourth-order valence-corrected chi connectivity index (χ4v) is 3.98. The summed E-state index contributed by atoms with van der Waals surface area (Å²) in [7, 11) is 1.96. The van der Waals surface area contributed by atoms with Gasteiger partial charge in [0.2, 0.25) is 0 Å². The lowest BCUT2D eigenvalue weighted by atomic mass is 10.1. The topological polar surface area (TPSA) is 27.8 Å². The molecular weight excluding hydrogens is 312 g/mol. The zero-order chi connectivity index (χ0) is 15.5. The average molecular weight is 331 g/mol. The number of H-pyrrole nitrogens is 1. The van der Waals surface area contributed by atoms with Gasteiger partial charge < -0.3 is 10.3 Å². The van der Waals surface area contributed by atoms with Gasteiger partial charge in [-0.15, -0.1) is 0 Å². The van der Waals surface area contributed by atoms with Crippen molar-refractivity contribution in [3.05, 3.63) is 58.7 Å². The van der Waals surface area contributed by atoms with Gasteiger partial charge in [-0.25, -0.2) is 0 Å². The van der Waals surface area contributed by atoms with Crippen LogP contribution in [0.1, 0.15) is 18.1 Å². The van der Waals surface area contributed by atoms with E-state index in [1.165, 1.54) is 31.8 Å². The molecule has 1 heterocycles. The van der Waals surface area contributed by atoms with Crippen LogP contribution in [0.15, 0.2) is 52.4 Å². The lowest BCUT2D eigenvalue weighted by molar-refractivity contribution is 0.803. The fraction of sp³-hybridized carbons (Fsp3) is 0.222. The maximum absolute atomic E-state index is 6.18. The third kappa shape index (κ3) is 3.02. The molecule has 0 amide bonds. The molecule has 3 rings (SSSR count). The van der Waals surface area contributed by atoms with Gasteiger partial charge in [0.1, 0.15) is 0 Å². The standard InChI is InChI=1S/C18H19ClN2S/c1-3-12-5-4-6-15-17(11-21-18(12)15)22-16-9-14(19)8-7-13(16)10-20-2/h4-9,11,20-21H,3,10H2,1-2H3. The minimum Gasteiger partial charge on any atom is -0.360 e. The van der Waals surface area contributed by atoms with Crippen LogP contribution in [-0.2, 0) is 13.0 Å². The van der Waals surface area contributed by atoms with Gasteiger partial charge in [-0.1, -0.05) is 54.6 Å². The fourth-order valence-electron chi connectivity index (χ4n) is 2.65. The molecule has 0 atom stereocenters. The van der Waals surface area contributed by atoms with E-state index in [0.717, 1.165) is 18.0 Å².